The van der Waals surface area contributed by atoms with Crippen LogP contribution in [0.3, 0.4) is 0 Å². The molecule has 8 heteroatoms. The maximum Gasteiger partial charge on any atom is 0.228 e. The number of hydrogen-bond donors (Lipinski definition) is 3. The molecule has 6 nitrogen and oxygen atoms in total. The number of benzene rings is 2. The van der Waals surface area contributed by atoms with Gasteiger partial charge in [0.2, 0.25) is 5.91 Å². The third-order valence-electron chi connectivity index (χ3n) is 7.47. The van der Waals surface area contributed by atoms with Crippen molar-refractivity contribution in [3.63, 3.8) is 0 Å². The summed E-state index contributed by atoms with van der Waals surface area (Å²) in [5.41, 5.74) is 1.30. The van der Waals surface area contributed by atoms with Gasteiger partial charge in [0.05, 0.1) is 23.9 Å². The monoisotopic (exact) mass is 501 g/mol. The topological polar surface area (TPSA) is 71.6 Å². The highest BCUT2D eigenvalue weighted by Gasteiger charge is 2.52. The molecule has 0 aromatic heterocycles. The number of hydrogen-bond acceptors (Lipinski definition) is 5. The summed E-state index contributed by atoms with van der Waals surface area (Å²) in [7, 11) is 0. The van der Waals surface area contributed by atoms with Crippen LogP contribution in [0.15, 0.2) is 36.4 Å². The van der Waals surface area contributed by atoms with Crippen LogP contribution in [0.1, 0.15) is 44.1 Å². The van der Waals surface area contributed by atoms with E-state index in [0.717, 1.165) is 49.8 Å². The molecule has 3 aliphatic rings. The number of carbonyl (C=O) groups excluding carboxylic acids is 1. The fourth-order valence-corrected chi connectivity index (χ4v) is 5.98. The number of ether oxygens (including phenoxy) is 2. The molecule has 0 bridgehead atoms. The second-order valence-electron chi connectivity index (χ2n) is 10.1. The van der Waals surface area contributed by atoms with Crippen molar-refractivity contribution >= 4 is 28.9 Å². The van der Waals surface area contributed by atoms with Crippen LogP contribution in [0.25, 0.3) is 0 Å². The lowest BCUT2D eigenvalue weighted by atomic mass is 9.78. The van der Waals surface area contributed by atoms with Gasteiger partial charge in [-0.2, -0.15) is 0 Å². The van der Waals surface area contributed by atoms with E-state index in [4.69, 9.17) is 21.1 Å². The van der Waals surface area contributed by atoms with Gasteiger partial charge in [-0.25, -0.2) is 4.39 Å². The Balaban J connectivity index is 1.49. The number of halogens is 2. The Kier molecular flexibility index (Phi) is 7.07. The average Bonchev–Trinajstić information content (AvgIpc) is 3.47. The highest BCUT2D eigenvalue weighted by molar-refractivity contribution is 6.30. The molecule has 2 fully saturated rings. The van der Waals surface area contributed by atoms with E-state index in [2.05, 4.69) is 16.0 Å². The Labute approximate surface area is 210 Å². The number of aryl methyl sites for hydroxylation is 1. The van der Waals surface area contributed by atoms with Crippen molar-refractivity contribution < 1.29 is 18.7 Å². The van der Waals surface area contributed by atoms with E-state index >= 15 is 0 Å². The van der Waals surface area contributed by atoms with Crippen LogP contribution >= 0.6 is 11.6 Å². The first-order valence-electron chi connectivity index (χ1n) is 12.6. The van der Waals surface area contributed by atoms with Crippen molar-refractivity contribution in [2.45, 2.75) is 57.2 Å². The van der Waals surface area contributed by atoms with Crippen LogP contribution in [0, 0.1) is 24.6 Å². The predicted octanol–water partition coefficient (Wildman–Crippen LogP) is 5.50. The molecule has 1 saturated carbocycles. The molecule has 2 aromatic carbocycles. The molecule has 1 aliphatic carbocycles. The molecule has 1 amide bonds. The molecule has 5 rings (SSSR count). The van der Waals surface area contributed by atoms with E-state index < -0.39 is 11.6 Å². The van der Waals surface area contributed by atoms with E-state index in [1.54, 1.807) is 12.1 Å². The normalized spacial score (nSPS) is 24.8. The number of anilines is 2. The SMILES string of the molecule is Cc1cc(Cl)ccc1OCC1(C(C(=O)NC2CCCC2)C2CCCOC2)Nc2ccc(F)cc2N1. The fraction of sp³-hybridized carbons (Fsp3) is 0.519. The zero-order valence-electron chi connectivity index (χ0n) is 20.0. The van der Waals surface area contributed by atoms with Crippen molar-refractivity contribution in [1.82, 2.24) is 5.32 Å². The lowest BCUT2D eigenvalue weighted by Crippen LogP contribution is -2.62. The summed E-state index contributed by atoms with van der Waals surface area (Å²) < 4.78 is 26.3. The van der Waals surface area contributed by atoms with E-state index in [-0.39, 0.29) is 30.3 Å². The summed E-state index contributed by atoms with van der Waals surface area (Å²) in [4.78, 5) is 13.9. The average molecular weight is 502 g/mol. The summed E-state index contributed by atoms with van der Waals surface area (Å²) in [6.45, 7) is 3.30. The van der Waals surface area contributed by atoms with Crippen molar-refractivity contribution in [3.8, 4) is 5.75 Å². The first-order chi connectivity index (χ1) is 16.9. The molecule has 0 radical (unpaired) electrons. The highest BCUT2D eigenvalue weighted by Crippen LogP contribution is 2.43. The number of fused-ring (bicyclic) bond motifs is 1. The third-order valence-corrected chi connectivity index (χ3v) is 7.71. The summed E-state index contributed by atoms with van der Waals surface area (Å²) >= 11 is 6.14. The Bertz CT molecular complexity index is 1070. The minimum Gasteiger partial charge on any atom is -0.489 e. The lowest BCUT2D eigenvalue weighted by Gasteiger charge is -2.42. The standard InChI is InChI=1S/C27H33ClFN3O3/c1-17-13-19(28)8-11-24(17)35-16-27(31-22-10-9-20(29)14-23(22)32-27)25(18-5-4-12-34-15-18)26(33)30-21-6-2-3-7-21/h8-11,13-14,18,21,25,31-32H,2-7,12,15-16H2,1H3,(H,30,33). The zero-order valence-corrected chi connectivity index (χ0v) is 20.8. The first kappa shape index (κ1) is 24.2. The van der Waals surface area contributed by atoms with Crippen molar-refractivity contribution in [3.05, 3.63) is 52.8 Å². The molecule has 2 aromatic rings. The molecular weight excluding hydrogens is 469 g/mol. The maximum atomic E-state index is 14.1. The summed E-state index contributed by atoms with van der Waals surface area (Å²) in [5.74, 6) is -0.173. The molecule has 3 atom stereocenters. The zero-order chi connectivity index (χ0) is 24.4. The molecule has 188 valence electrons. The Hall–Kier alpha value is -2.51. The van der Waals surface area contributed by atoms with Crippen LogP contribution in [-0.2, 0) is 9.53 Å². The van der Waals surface area contributed by atoms with Gasteiger partial charge in [-0.05, 0) is 80.5 Å². The van der Waals surface area contributed by atoms with Gasteiger partial charge in [-0.15, -0.1) is 0 Å². The summed E-state index contributed by atoms with van der Waals surface area (Å²) in [6.07, 6.45) is 6.03. The minimum atomic E-state index is -0.976. The molecule has 2 aliphatic heterocycles. The van der Waals surface area contributed by atoms with E-state index in [1.807, 2.05) is 19.1 Å². The molecule has 0 spiro atoms. The number of rotatable bonds is 7. The second-order valence-corrected chi connectivity index (χ2v) is 10.5. The van der Waals surface area contributed by atoms with Crippen LogP contribution in [-0.4, -0.2) is 37.4 Å². The van der Waals surface area contributed by atoms with Gasteiger partial charge in [-0.3, -0.25) is 4.79 Å². The predicted molar refractivity (Wildman–Crippen MR) is 135 cm³/mol. The van der Waals surface area contributed by atoms with E-state index in [9.17, 15) is 9.18 Å². The van der Waals surface area contributed by atoms with Gasteiger partial charge in [0.15, 0.2) is 5.66 Å². The van der Waals surface area contributed by atoms with Crippen LogP contribution in [0.4, 0.5) is 15.8 Å². The third kappa shape index (κ3) is 5.21. The molecule has 2 heterocycles. The van der Waals surface area contributed by atoms with Gasteiger partial charge in [0.25, 0.3) is 0 Å². The molecule has 35 heavy (non-hydrogen) atoms. The van der Waals surface area contributed by atoms with Gasteiger partial charge in [0, 0.05) is 17.7 Å². The second kappa shape index (κ2) is 10.2. The maximum absolute atomic E-state index is 14.1. The van der Waals surface area contributed by atoms with Crippen LogP contribution in [0.5, 0.6) is 5.75 Å². The molecular formula is C27H33ClFN3O3. The van der Waals surface area contributed by atoms with Crippen molar-refractivity contribution in [2.24, 2.45) is 11.8 Å². The fourth-order valence-electron chi connectivity index (χ4n) is 5.75. The van der Waals surface area contributed by atoms with E-state index in [1.165, 1.54) is 12.1 Å². The van der Waals surface area contributed by atoms with Gasteiger partial charge in [-0.1, -0.05) is 24.4 Å². The number of nitrogens with one attached hydrogen (secondary N) is 3. The van der Waals surface area contributed by atoms with Gasteiger partial charge >= 0.3 is 0 Å². The smallest absolute Gasteiger partial charge is 0.228 e. The highest BCUT2D eigenvalue weighted by atomic mass is 35.5. The number of amides is 1. The summed E-state index contributed by atoms with van der Waals surface area (Å²) in [6, 6.07) is 10.2. The Morgan fingerprint density at radius 2 is 1.97 bits per heavy atom. The van der Waals surface area contributed by atoms with Crippen molar-refractivity contribution in [2.75, 3.05) is 30.5 Å². The first-order valence-corrected chi connectivity index (χ1v) is 12.9. The van der Waals surface area contributed by atoms with Gasteiger partial charge in [0.1, 0.15) is 18.2 Å². The molecule has 3 unspecified atom stereocenters. The van der Waals surface area contributed by atoms with Gasteiger partial charge < -0.3 is 25.4 Å². The van der Waals surface area contributed by atoms with E-state index in [0.29, 0.717) is 29.7 Å². The quantitative estimate of drug-likeness (QED) is 0.467. The van der Waals surface area contributed by atoms with Crippen molar-refractivity contribution in [1.29, 1.82) is 0 Å². The largest absolute Gasteiger partial charge is 0.489 e. The lowest BCUT2D eigenvalue weighted by molar-refractivity contribution is -0.132. The number of carbonyl (C=O) groups is 1. The summed E-state index contributed by atoms with van der Waals surface area (Å²) in [5, 5.41) is 11.0. The molecule has 1 saturated heterocycles. The Morgan fingerprint density at radius 1 is 1.17 bits per heavy atom. The Morgan fingerprint density at radius 3 is 2.71 bits per heavy atom. The molecule has 3 N–H and O–H groups in total. The van der Waals surface area contributed by atoms with Crippen LogP contribution in [0.2, 0.25) is 5.02 Å². The minimum absolute atomic E-state index is 0.0146. The van der Waals surface area contributed by atoms with Crippen LogP contribution < -0.4 is 20.7 Å².